The predicted octanol–water partition coefficient (Wildman–Crippen LogP) is 1.73. The lowest BCUT2D eigenvalue weighted by Gasteiger charge is -2.38. The van der Waals surface area contributed by atoms with Crippen molar-refractivity contribution < 1.29 is 14.2 Å². The lowest BCUT2D eigenvalue weighted by Crippen LogP contribution is -2.45. The molecule has 0 radical (unpaired) electrons. The highest BCUT2D eigenvalue weighted by molar-refractivity contribution is 5.16. The monoisotopic (exact) mass is 292 g/mol. The Hall–Kier alpha value is -1.17. The summed E-state index contributed by atoms with van der Waals surface area (Å²) in [7, 11) is 1.76. The molecule has 1 unspecified atom stereocenters. The van der Waals surface area contributed by atoms with Crippen LogP contribution in [-0.2, 0) is 9.47 Å². The number of methoxy groups -OCH3 is 1. The topological polar surface area (TPSA) is 43.8 Å². The number of pyridine rings is 1. The van der Waals surface area contributed by atoms with Crippen LogP contribution >= 0.6 is 0 Å². The second kappa shape index (κ2) is 6.73. The number of piperidine rings is 1. The Morgan fingerprint density at radius 2 is 2.29 bits per heavy atom. The van der Waals surface area contributed by atoms with E-state index in [1.165, 1.54) is 0 Å². The highest BCUT2D eigenvalue weighted by Crippen LogP contribution is 2.37. The molecular formula is C16H24N2O3. The number of hydrogen-bond donors (Lipinski definition) is 0. The summed E-state index contributed by atoms with van der Waals surface area (Å²) in [5.74, 6) is 0.834. The zero-order valence-electron chi connectivity index (χ0n) is 12.7. The van der Waals surface area contributed by atoms with Gasteiger partial charge in [-0.1, -0.05) is 0 Å². The lowest BCUT2D eigenvalue weighted by atomic mass is 9.88. The van der Waals surface area contributed by atoms with Gasteiger partial charge in [0.1, 0.15) is 11.9 Å². The number of hydrogen-bond acceptors (Lipinski definition) is 5. The molecule has 0 amide bonds. The normalized spacial score (nSPS) is 25.3. The summed E-state index contributed by atoms with van der Waals surface area (Å²) >= 11 is 0. The van der Waals surface area contributed by atoms with Crippen molar-refractivity contribution in [3.63, 3.8) is 0 Å². The van der Waals surface area contributed by atoms with Gasteiger partial charge >= 0.3 is 0 Å². The summed E-state index contributed by atoms with van der Waals surface area (Å²) in [5, 5.41) is 0. The van der Waals surface area contributed by atoms with Crippen molar-refractivity contribution in [1.82, 2.24) is 9.88 Å². The van der Waals surface area contributed by atoms with E-state index in [0.29, 0.717) is 6.61 Å². The van der Waals surface area contributed by atoms with Crippen LogP contribution in [0.4, 0.5) is 0 Å². The number of ether oxygens (including phenoxy) is 3. The smallest absolute Gasteiger partial charge is 0.138 e. The van der Waals surface area contributed by atoms with E-state index in [1.54, 1.807) is 19.5 Å². The molecule has 0 aromatic carbocycles. The maximum absolute atomic E-state index is 6.12. The van der Waals surface area contributed by atoms with E-state index in [0.717, 1.165) is 51.3 Å². The third-order valence-corrected chi connectivity index (χ3v) is 4.49. The molecule has 2 aliphatic rings. The van der Waals surface area contributed by atoms with Crippen LogP contribution in [-0.4, -0.2) is 61.5 Å². The van der Waals surface area contributed by atoms with Gasteiger partial charge in [-0.3, -0.25) is 4.98 Å². The molecule has 1 aromatic heterocycles. The first-order valence-electron chi connectivity index (χ1n) is 7.72. The standard InChI is InChI=1S/C16H24N2O3/c1-19-10-9-18-7-4-16(5-8-18)11-15(13-20-16)21-14-3-2-6-17-12-14/h2-3,6,12,15H,4-5,7-11,13H2,1H3. The molecule has 21 heavy (non-hydrogen) atoms. The van der Waals surface area contributed by atoms with Gasteiger partial charge in [0.2, 0.25) is 0 Å². The van der Waals surface area contributed by atoms with Crippen LogP contribution in [0.1, 0.15) is 19.3 Å². The van der Waals surface area contributed by atoms with Crippen molar-refractivity contribution in [2.24, 2.45) is 0 Å². The first-order valence-corrected chi connectivity index (χ1v) is 7.72. The van der Waals surface area contributed by atoms with E-state index in [1.807, 2.05) is 12.1 Å². The number of aromatic nitrogens is 1. The minimum atomic E-state index is 0.0243. The Morgan fingerprint density at radius 1 is 1.43 bits per heavy atom. The predicted molar refractivity (Wildman–Crippen MR) is 79.5 cm³/mol. The largest absolute Gasteiger partial charge is 0.486 e. The van der Waals surface area contributed by atoms with Crippen LogP contribution < -0.4 is 4.74 Å². The molecule has 5 nitrogen and oxygen atoms in total. The molecule has 5 heteroatoms. The van der Waals surface area contributed by atoms with Crippen molar-refractivity contribution in [3.8, 4) is 5.75 Å². The van der Waals surface area contributed by atoms with Gasteiger partial charge in [0.15, 0.2) is 0 Å². The molecule has 1 aromatic rings. The van der Waals surface area contributed by atoms with Crippen LogP contribution in [0.3, 0.4) is 0 Å². The van der Waals surface area contributed by atoms with E-state index in [9.17, 15) is 0 Å². The summed E-state index contributed by atoms with van der Waals surface area (Å²) in [5.41, 5.74) is 0.0243. The van der Waals surface area contributed by atoms with Crippen LogP contribution in [0.5, 0.6) is 5.75 Å². The molecule has 2 fully saturated rings. The van der Waals surface area contributed by atoms with Crippen molar-refractivity contribution in [2.45, 2.75) is 31.0 Å². The van der Waals surface area contributed by atoms with Gasteiger partial charge in [0, 0.05) is 39.4 Å². The summed E-state index contributed by atoms with van der Waals surface area (Å²) in [6.45, 7) is 4.68. The molecule has 2 saturated heterocycles. The van der Waals surface area contributed by atoms with Crippen LogP contribution in [0.15, 0.2) is 24.5 Å². The van der Waals surface area contributed by atoms with Gasteiger partial charge in [-0.05, 0) is 25.0 Å². The summed E-state index contributed by atoms with van der Waals surface area (Å²) in [6, 6.07) is 3.85. The maximum atomic E-state index is 6.12. The number of likely N-dealkylation sites (tertiary alicyclic amines) is 1. The van der Waals surface area contributed by atoms with Gasteiger partial charge in [0.05, 0.1) is 25.0 Å². The van der Waals surface area contributed by atoms with Crippen molar-refractivity contribution >= 4 is 0 Å². The first-order chi connectivity index (χ1) is 10.3. The van der Waals surface area contributed by atoms with Gasteiger partial charge < -0.3 is 19.1 Å². The Labute approximate surface area is 126 Å². The average Bonchev–Trinajstić information content (AvgIpc) is 2.91. The number of nitrogens with zero attached hydrogens (tertiary/aromatic N) is 2. The number of rotatable bonds is 5. The van der Waals surface area contributed by atoms with E-state index < -0.39 is 0 Å². The first kappa shape index (κ1) is 14.8. The molecule has 3 rings (SSSR count). The minimum Gasteiger partial charge on any atom is -0.486 e. The van der Waals surface area contributed by atoms with Crippen LogP contribution in [0, 0.1) is 0 Å². The van der Waals surface area contributed by atoms with Gasteiger partial charge in [-0.25, -0.2) is 0 Å². The van der Waals surface area contributed by atoms with Gasteiger partial charge in [-0.15, -0.1) is 0 Å². The summed E-state index contributed by atoms with van der Waals surface area (Å²) in [6.07, 6.45) is 6.83. The van der Waals surface area contributed by atoms with Crippen molar-refractivity contribution in [3.05, 3.63) is 24.5 Å². The molecule has 1 atom stereocenters. The molecule has 0 aliphatic carbocycles. The molecule has 3 heterocycles. The van der Waals surface area contributed by atoms with E-state index in [2.05, 4.69) is 9.88 Å². The molecule has 0 N–H and O–H groups in total. The van der Waals surface area contributed by atoms with Crippen LogP contribution in [0.25, 0.3) is 0 Å². The van der Waals surface area contributed by atoms with E-state index >= 15 is 0 Å². The molecule has 0 bridgehead atoms. The average molecular weight is 292 g/mol. The fourth-order valence-electron chi connectivity index (χ4n) is 3.24. The second-order valence-corrected chi connectivity index (χ2v) is 5.96. The highest BCUT2D eigenvalue weighted by Gasteiger charge is 2.43. The SMILES string of the molecule is COCCN1CCC2(CC1)CC(Oc1cccnc1)CO2. The zero-order valence-corrected chi connectivity index (χ0v) is 12.7. The Balaban J connectivity index is 1.48. The quantitative estimate of drug-likeness (QED) is 0.827. The molecular weight excluding hydrogens is 268 g/mol. The summed E-state index contributed by atoms with van der Waals surface area (Å²) < 4.78 is 17.2. The maximum Gasteiger partial charge on any atom is 0.138 e. The Kier molecular flexibility index (Phi) is 4.73. The van der Waals surface area contributed by atoms with E-state index in [-0.39, 0.29) is 11.7 Å². The van der Waals surface area contributed by atoms with Crippen molar-refractivity contribution in [1.29, 1.82) is 0 Å². The third kappa shape index (κ3) is 3.73. The second-order valence-electron chi connectivity index (χ2n) is 5.96. The molecule has 1 spiro atoms. The summed E-state index contributed by atoms with van der Waals surface area (Å²) in [4.78, 5) is 6.54. The minimum absolute atomic E-state index is 0.0243. The lowest BCUT2D eigenvalue weighted by molar-refractivity contribution is -0.0465. The fourth-order valence-corrected chi connectivity index (χ4v) is 3.24. The van der Waals surface area contributed by atoms with Gasteiger partial charge in [-0.2, -0.15) is 0 Å². The Bertz CT molecular complexity index is 432. The van der Waals surface area contributed by atoms with E-state index in [4.69, 9.17) is 14.2 Å². The Morgan fingerprint density at radius 3 is 3.00 bits per heavy atom. The van der Waals surface area contributed by atoms with Gasteiger partial charge in [0.25, 0.3) is 0 Å². The molecule has 116 valence electrons. The van der Waals surface area contributed by atoms with Crippen LogP contribution in [0.2, 0.25) is 0 Å². The highest BCUT2D eigenvalue weighted by atomic mass is 16.6. The molecule has 2 aliphatic heterocycles. The van der Waals surface area contributed by atoms with Crippen molar-refractivity contribution in [2.75, 3.05) is 40.0 Å². The molecule has 0 saturated carbocycles. The zero-order chi connectivity index (χ0) is 14.5. The third-order valence-electron chi connectivity index (χ3n) is 4.49. The fraction of sp³-hybridized carbons (Fsp3) is 0.688.